The highest BCUT2D eigenvalue weighted by atomic mass is 32.2. The van der Waals surface area contributed by atoms with Crippen LogP contribution in [0, 0.1) is 0 Å². The van der Waals surface area contributed by atoms with E-state index in [0.717, 1.165) is 19.3 Å². The molecule has 0 unspecified atom stereocenters. The van der Waals surface area contributed by atoms with Gasteiger partial charge in [0, 0.05) is 6.54 Å². The Kier molecular flexibility index (Phi) is 1.89. The molecule has 2 aliphatic rings. The van der Waals surface area contributed by atoms with Gasteiger partial charge in [0.2, 0.25) is 0 Å². The smallest absolute Gasteiger partial charge is 0.253 e. The minimum Gasteiger partial charge on any atom is -0.253 e. The third-order valence-corrected chi connectivity index (χ3v) is 4.23. The predicted molar refractivity (Wildman–Crippen MR) is 43.8 cm³/mol. The van der Waals surface area contributed by atoms with Crippen LogP contribution >= 0.6 is 0 Å². The summed E-state index contributed by atoms with van der Waals surface area (Å²) in [5, 5.41) is 0. The predicted octanol–water partition coefficient (Wildman–Crippen LogP) is 0.504. The van der Waals surface area contributed by atoms with Crippen LogP contribution in [0.3, 0.4) is 0 Å². The van der Waals surface area contributed by atoms with Gasteiger partial charge in [0.25, 0.3) is 0 Å². The molecule has 70 valence electrons. The fraction of sp³-hybridized carbons (Fsp3) is 1.00. The van der Waals surface area contributed by atoms with Gasteiger partial charge in [-0.2, -0.15) is 12.7 Å². The Hall–Kier alpha value is -0.130. The molecule has 4 nitrogen and oxygen atoms in total. The fourth-order valence-electron chi connectivity index (χ4n) is 2.12. The van der Waals surface area contributed by atoms with Crippen LogP contribution in [0.15, 0.2) is 0 Å². The number of nitrogens with zero attached hydrogens (tertiary/aromatic N) is 1. The molecule has 0 N–H and O–H groups in total. The van der Waals surface area contributed by atoms with Gasteiger partial charge < -0.3 is 0 Å². The summed E-state index contributed by atoms with van der Waals surface area (Å²) in [7, 11) is -3.36. The normalized spacial score (nSPS) is 40.1. The standard InChI is InChI=1S/C7H13NO3S/c1-2-8-6-4-3-5-7(6)11-12(8,9)10/h6-7H,2-5H2,1H3/t6-,7-/m0/s1. The first kappa shape index (κ1) is 8.47. The van der Waals surface area contributed by atoms with Crippen LogP contribution in [0.5, 0.6) is 0 Å². The Labute approximate surface area is 72.8 Å². The Morgan fingerprint density at radius 3 is 2.92 bits per heavy atom. The number of hydrogen-bond acceptors (Lipinski definition) is 3. The maximum absolute atomic E-state index is 11.3. The molecular formula is C7H13NO3S. The molecule has 1 heterocycles. The average Bonchev–Trinajstić information content (AvgIpc) is 2.43. The summed E-state index contributed by atoms with van der Waals surface area (Å²) in [6.07, 6.45) is 2.87. The highest BCUT2D eigenvalue weighted by Gasteiger charge is 2.47. The summed E-state index contributed by atoms with van der Waals surface area (Å²) >= 11 is 0. The Balaban J connectivity index is 2.28. The molecule has 0 radical (unpaired) electrons. The first-order valence-corrected chi connectivity index (χ1v) is 5.71. The molecule has 1 saturated carbocycles. The summed E-state index contributed by atoms with van der Waals surface area (Å²) in [4.78, 5) is 0. The summed E-state index contributed by atoms with van der Waals surface area (Å²) in [6, 6.07) is 0.125. The monoisotopic (exact) mass is 191 g/mol. The van der Waals surface area contributed by atoms with Crippen LogP contribution in [0.25, 0.3) is 0 Å². The number of rotatable bonds is 1. The molecule has 2 rings (SSSR count). The molecule has 5 heteroatoms. The number of fused-ring (bicyclic) bond motifs is 1. The Bertz CT molecular complexity index is 274. The van der Waals surface area contributed by atoms with E-state index in [1.807, 2.05) is 6.92 Å². The number of likely N-dealkylation sites (N-methyl/N-ethyl adjacent to an activating group) is 1. The molecule has 0 aromatic carbocycles. The molecular weight excluding hydrogens is 178 g/mol. The lowest BCUT2D eigenvalue weighted by Gasteiger charge is -2.15. The van der Waals surface area contributed by atoms with Crippen LogP contribution in [-0.4, -0.2) is 31.4 Å². The minimum absolute atomic E-state index is 0.0602. The van der Waals surface area contributed by atoms with Crippen molar-refractivity contribution in [2.24, 2.45) is 0 Å². The molecule has 2 atom stereocenters. The zero-order valence-corrected chi connectivity index (χ0v) is 7.88. The van der Waals surface area contributed by atoms with Crippen LogP contribution < -0.4 is 0 Å². The van der Waals surface area contributed by atoms with E-state index in [4.69, 9.17) is 4.18 Å². The SMILES string of the molecule is CCN1[C@H]2CCC[C@@H]2OS1(=O)=O. The zero-order chi connectivity index (χ0) is 8.77. The molecule has 1 aliphatic heterocycles. The average molecular weight is 191 g/mol. The van der Waals surface area contributed by atoms with Gasteiger partial charge in [-0.15, -0.1) is 0 Å². The number of hydrogen-bond donors (Lipinski definition) is 0. The lowest BCUT2D eigenvalue weighted by molar-refractivity contribution is 0.221. The Morgan fingerprint density at radius 2 is 2.25 bits per heavy atom. The molecule has 1 aliphatic carbocycles. The van der Waals surface area contributed by atoms with Crippen LogP contribution in [0.1, 0.15) is 26.2 Å². The minimum atomic E-state index is -3.36. The van der Waals surface area contributed by atoms with Crippen molar-refractivity contribution in [1.82, 2.24) is 4.31 Å². The second-order valence-electron chi connectivity index (χ2n) is 3.29. The van der Waals surface area contributed by atoms with Gasteiger partial charge in [0.15, 0.2) is 0 Å². The van der Waals surface area contributed by atoms with E-state index < -0.39 is 10.3 Å². The van der Waals surface area contributed by atoms with E-state index >= 15 is 0 Å². The summed E-state index contributed by atoms with van der Waals surface area (Å²) in [5.74, 6) is 0. The van der Waals surface area contributed by atoms with Crippen LogP contribution in [-0.2, 0) is 14.5 Å². The van der Waals surface area contributed by atoms with Crippen molar-refractivity contribution in [3.8, 4) is 0 Å². The highest BCUT2D eigenvalue weighted by Crippen LogP contribution is 2.35. The molecule has 0 aromatic rings. The quantitative estimate of drug-likeness (QED) is 0.606. The first-order valence-electron chi connectivity index (χ1n) is 4.35. The van der Waals surface area contributed by atoms with Crippen molar-refractivity contribution >= 4 is 10.3 Å². The van der Waals surface area contributed by atoms with Gasteiger partial charge in [0.1, 0.15) is 0 Å². The third-order valence-electron chi connectivity index (χ3n) is 2.63. The van der Waals surface area contributed by atoms with E-state index in [-0.39, 0.29) is 12.1 Å². The van der Waals surface area contributed by atoms with Crippen LogP contribution in [0.2, 0.25) is 0 Å². The summed E-state index contributed by atoms with van der Waals surface area (Å²) in [5.41, 5.74) is 0. The van der Waals surface area contributed by atoms with E-state index in [9.17, 15) is 8.42 Å². The molecule has 0 spiro atoms. The lowest BCUT2D eigenvalue weighted by Crippen LogP contribution is -2.33. The van der Waals surface area contributed by atoms with E-state index in [0.29, 0.717) is 6.54 Å². The van der Waals surface area contributed by atoms with Gasteiger partial charge in [-0.25, -0.2) is 0 Å². The van der Waals surface area contributed by atoms with Crippen molar-refractivity contribution < 1.29 is 12.6 Å². The van der Waals surface area contributed by atoms with Crippen molar-refractivity contribution in [3.05, 3.63) is 0 Å². The molecule has 0 bridgehead atoms. The molecule has 12 heavy (non-hydrogen) atoms. The lowest BCUT2D eigenvalue weighted by atomic mass is 10.2. The molecule has 0 amide bonds. The second kappa shape index (κ2) is 2.68. The molecule has 2 fully saturated rings. The van der Waals surface area contributed by atoms with Crippen LogP contribution in [0.4, 0.5) is 0 Å². The van der Waals surface area contributed by atoms with Gasteiger partial charge >= 0.3 is 10.3 Å². The second-order valence-corrected chi connectivity index (χ2v) is 4.81. The molecule has 0 aromatic heterocycles. The topological polar surface area (TPSA) is 46.6 Å². The van der Waals surface area contributed by atoms with E-state index in [1.54, 1.807) is 0 Å². The van der Waals surface area contributed by atoms with Crippen molar-refractivity contribution in [3.63, 3.8) is 0 Å². The van der Waals surface area contributed by atoms with Gasteiger partial charge in [0.05, 0.1) is 12.1 Å². The Morgan fingerprint density at radius 1 is 1.50 bits per heavy atom. The maximum atomic E-state index is 11.3. The first-order chi connectivity index (χ1) is 5.65. The highest BCUT2D eigenvalue weighted by molar-refractivity contribution is 7.84. The molecule has 1 saturated heterocycles. The summed E-state index contributed by atoms with van der Waals surface area (Å²) in [6.45, 7) is 2.38. The van der Waals surface area contributed by atoms with Crippen molar-refractivity contribution in [2.75, 3.05) is 6.54 Å². The van der Waals surface area contributed by atoms with Gasteiger partial charge in [-0.3, -0.25) is 4.18 Å². The zero-order valence-electron chi connectivity index (χ0n) is 7.06. The van der Waals surface area contributed by atoms with Gasteiger partial charge in [-0.05, 0) is 19.3 Å². The fourth-order valence-corrected chi connectivity index (χ4v) is 3.65. The maximum Gasteiger partial charge on any atom is 0.339 e. The third kappa shape index (κ3) is 1.08. The largest absolute Gasteiger partial charge is 0.339 e. The summed E-state index contributed by atoms with van der Waals surface area (Å²) < 4.78 is 29.1. The van der Waals surface area contributed by atoms with Gasteiger partial charge in [-0.1, -0.05) is 6.92 Å². The van der Waals surface area contributed by atoms with E-state index in [2.05, 4.69) is 0 Å². The van der Waals surface area contributed by atoms with E-state index in [1.165, 1.54) is 4.31 Å². The van der Waals surface area contributed by atoms with Crippen molar-refractivity contribution in [2.45, 2.75) is 38.3 Å². The van der Waals surface area contributed by atoms with Crippen molar-refractivity contribution in [1.29, 1.82) is 0 Å².